The molecule has 0 atom stereocenters. The van der Waals surface area contributed by atoms with E-state index >= 15 is 0 Å². The third-order valence-corrected chi connectivity index (χ3v) is 2.65. The molecule has 0 saturated carbocycles. The number of rotatable bonds is 2. The number of amides is 1. The molecule has 0 bridgehead atoms. The molecular weight excluding hydrogens is 214 g/mol. The average molecular weight is 239 g/mol. The first-order valence-corrected chi connectivity index (χ1v) is 6.02. The van der Waals surface area contributed by atoms with E-state index in [1.165, 1.54) is 0 Å². The smallest absolute Gasteiger partial charge is 0.249 e. The Hall–Kier alpha value is -1.32. The van der Waals surface area contributed by atoms with E-state index in [2.05, 4.69) is 5.10 Å². The molecule has 1 heterocycles. The largest absolute Gasteiger partial charge is 0.347 e. The maximum absolute atomic E-state index is 12.0. The molecule has 1 aromatic rings. The molecule has 1 aromatic heterocycles. The Balaban J connectivity index is 0.00000121. The van der Waals surface area contributed by atoms with E-state index in [0.717, 1.165) is 11.3 Å². The van der Waals surface area contributed by atoms with Gasteiger partial charge in [-0.2, -0.15) is 5.10 Å². The van der Waals surface area contributed by atoms with Crippen LogP contribution in [-0.4, -0.2) is 34.7 Å². The van der Waals surface area contributed by atoms with Crippen molar-refractivity contribution in [2.45, 2.75) is 47.1 Å². The summed E-state index contributed by atoms with van der Waals surface area (Å²) in [5.41, 5.74) is 1.45. The predicted molar refractivity (Wildman–Crippen MR) is 71.1 cm³/mol. The van der Waals surface area contributed by atoms with Crippen LogP contribution in [0, 0.1) is 13.8 Å². The topological polar surface area (TPSA) is 38.1 Å². The molecule has 1 amide bonds. The van der Waals surface area contributed by atoms with E-state index in [1.54, 1.807) is 23.7 Å². The molecule has 17 heavy (non-hydrogen) atoms. The van der Waals surface area contributed by atoms with Gasteiger partial charge in [0, 0.05) is 20.3 Å². The van der Waals surface area contributed by atoms with Gasteiger partial charge in [0.25, 0.3) is 0 Å². The van der Waals surface area contributed by atoms with Gasteiger partial charge in [-0.15, -0.1) is 0 Å². The van der Waals surface area contributed by atoms with Crippen LogP contribution in [0.2, 0.25) is 0 Å². The number of likely N-dealkylation sites (N-methyl/N-ethyl adjacent to an activating group) is 1. The highest BCUT2D eigenvalue weighted by Gasteiger charge is 2.32. The van der Waals surface area contributed by atoms with Crippen molar-refractivity contribution in [3.05, 3.63) is 17.5 Å². The van der Waals surface area contributed by atoms with Gasteiger partial charge in [0.1, 0.15) is 5.54 Å². The molecule has 0 aliphatic carbocycles. The van der Waals surface area contributed by atoms with E-state index in [-0.39, 0.29) is 5.91 Å². The number of carbonyl (C=O) groups is 1. The fraction of sp³-hybridized carbons (Fsp3) is 0.692. The predicted octanol–water partition coefficient (Wildman–Crippen LogP) is 2.35. The maximum atomic E-state index is 12.0. The lowest BCUT2D eigenvalue weighted by Gasteiger charge is -2.27. The third-order valence-electron chi connectivity index (χ3n) is 2.65. The SMILES string of the molecule is CC.Cc1cn(C(C)(C)C(=O)N(C)C)nc1C. The lowest BCUT2D eigenvalue weighted by Crippen LogP contribution is -2.44. The van der Waals surface area contributed by atoms with Gasteiger partial charge in [-0.25, -0.2) is 0 Å². The van der Waals surface area contributed by atoms with Gasteiger partial charge in [-0.3, -0.25) is 9.48 Å². The quantitative estimate of drug-likeness (QED) is 0.794. The maximum Gasteiger partial charge on any atom is 0.249 e. The molecule has 0 radical (unpaired) electrons. The van der Waals surface area contributed by atoms with Gasteiger partial charge in [-0.05, 0) is 33.3 Å². The van der Waals surface area contributed by atoms with Crippen LogP contribution in [-0.2, 0) is 10.3 Å². The first-order valence-electron chi connectivity index (χ1n) is 6.02. The Morgan fingerprint density at radius 3 is 2.06 bits per heavy atom. The third kappa shape index (κ3) is 3.32. The number of carbonyl (C=O) groups excluding carboxylic acids is 1. The van der Waals surface area contributed by atoms with E-state index in [1.807, 2.05) is 47.7 Å². The minimum absolute atomic E-state index is 0.0463. The van der Waals surface area contributed by atoms with Gasteiger partial charge < -0.3 is 4.90 Å². The number of aromatic nitrogens is 2. The van der Waals surface area contributed by atoms with E-state index in [4.69, 9.17) is 0 Å². The lowest BCUT2D eigenvalue weighted by molar-refractivity contribution is -0.137. The normalized spacial score (nSPS) is 10.6. The fourth-order valence-corrected chi connectivity index (χ4v) is 1.48. The molecule has 0 aliphatic heterocycles. The fourth-order valence-electron chi connectivity index (χ4n) is 1.48. The molecule has 4 nitrogen and oxygen atoms in total. The Kier molecular flexibility index (Phi) is 5.39. The summed E-state index contributed by atoms with van der Waals surface area (Å²) in [4.78, 5) is 13.5. The lowest BCUT2D eigenvalue weighted by atomic mass is 10.0. The molecule has 1 rings (SSSR count). The molecule has 0 N–H and O–H groups in total. The van der Waals surface area contributed by atoms with E-state index < -0.39 is 5.54 Å². The zero-order valence-electron chi connectivity index (χ0n) is 12.3. The molecule has 0 aliphatic rings. The Morgan fingerprint density at radius 1 is 1.29 bits per heavy atom. The first kappa shape index (κ1) is 15.7. The molecule has 0 fully saturated rings. The number of nitrogens with zero attached hydrogens (tertiary/aromatic N) is 3. The van der Waals surface area contributed by atoms with Crippen LogP contribution in [0.15, 0.2) is 6.20 Å². The van der Waals surface area contributed by atoms with Crippen molar-refractivity contribution < 1.29 is 4.79 Å². The summed E-state index contributed by atoms with van der Waals surface area (Å²) in [6.07, 6.45) is 1.91. The highest BCUT2D eigenvalue weighted by molar-refractivity contribution is 5.83. The standard InChI is InChI=1S/C11H19N3O.C2H6/c1-8-7-14(12-9(8)2)11(3,4)10(15)13(5)6;1-2/h7H,1-6H3;1-2H3. The number of hydrogen-bond acceptors (Lipinski definition) is 2. The van der Waals surface area contributed by atoms with Crippen LogP contribution in [0.4, 0.5) is 0 Å². The number of aryl methyl sites for hydroxylation is 2. The molecule has 0 unspecified atom stereocenters. The van der Waals surface area contributed by atoms with Crippen molar-refractivity contribution in [2.75, 3.05) is 14.1 Å². The number of hydrogen-bond donors (Lipinski definition) is 0. The summed E-state index contributed by atoms with van der Waals surface area (Å²) >= 11 is 0. The monoisotopic (exact) mass is 239 g/mol. The Bertz CT molecular complexity index is 359. The first-order chi connectivity index (χ1) is 7.76. The highest BCUT2D eigenvalue weighted by Crippen LogP contribution is 2.18. The van der Waals surface area contributed by atoms with Crippen molar-refractivity contribution in [2.24, 2.45) is 0 Å². The van der Waals surface area contributed by atoms with E-state index in [9.17, 15) is 4.79 Å². The van der Waals surface area contributed by atoms with Crippen molar-refractivity contribution >= 4 is 5.91 Å². The van der Waals surface area contributed by atoms with Crippen molar-refractivity contribution in [1.82, 2.24) is 14.7 Å². The average Bonchev–Trinajstić information content (AvgIpc) is 2.61. The molecule has 0 aromatic carbocycles. The summed E-state index contributed by atoms with van der Waals surface area (Å²) in [7, 11) is 3.51. The zero-order chi connectivity index (χ0) is 13.8. The second-order valence-corrected chi connectivity index (χ2v) is 4.60. The van der Waals surface area contributed by atoms with Crippen LogP contribution < -0.4 is 0 Å². The van der Waals surface area contributed by atoms with Gasteiger partial charge in [0.15, 0.2) is 0 Å². The van der Waals surface area contributed by atoms with E-state index in [0.29, 0.717) is 0 Å². The van der Waals surface area contributed by atoms with Gasteiger partial charge >= 0.3 is 0 Å². The molecule has 98 valence electrons. The van der Waals surface area contributed by atoms with Gasteiger partial charge in [0.2, 0.25) is 5.91 Å². The second-order valence-electron chi connectivity index (χ2n) is 4.60. The van der Waals surface area contributed by atoms with Gasteiger partial charge in [-0.1, -0.05) is 13.8 Å². The van der Waals surface area contributed by atoms with Crippen LogP contribution in [0.3, 0.4) is 0 Å². The molecule has 4 heteroatoms. The minimum atomic E-state index is -0.622. The minimum Gasteiger partial charge on any atom is -0.347 e. The van der Waals surface area contributed by atoms with Crippen LogP contribution in [0.5, 0.6) is 0 Å². The zero-order valence-corrected chi connectivity index (χ0v) is 12.3. The van der Waals surface area contributed by atoms with Crippen molar-refractivity contribution in [3.8, 4) is 0 Å². The summed E-state index contributed by atoms with van der Waals surface area (Å²) in [5.74, 6) is 0.0463. The molecule has 0 spiro atoms. The van der Waals surface area contributed by atoms with Gasteiger partial charge in [0.05, 0.1) is 5.69 Å². The molecular formula is C13H25N3O. The summed E-state index contributed by atoms with van der Waals surface area (Å²) in [6.45, 7) is 11.7. The molecule has 0 saturated heterocycles. The summed E-state index contributed by atoms with van der Waals surface area (Å²) in [6, 6.07) is 0. The van der Waals surface area contributed by atoms with Crippen molar-refractivity contribution in [1.29, 1.82) is 0 Å². The second kappa shape index (κ2) is 5.84. The Morgan fingerprint density at radius 2 is 1.76 bits per heavy atom. The van der Waals surface area contributed by atoms with Crippen LogP contribution in [0.25, 0.3) is 0 Å². The summed E-state index contributed by atoms with van der Waals surface area (Å²) in [5, 5.41) is 4.35. The van der Waals surface area contributed by atoms with Crippen LogP contribution in [0.1, 0.15) is 39.0 Å². The Labute approximate surface area is 105 Å². The highest BCUT2D eigenvalue weighted by atomic mass is 16.2. The van der Waals surface area contributed by atoms with Crippen LogP contribution >= 0.6 is 0 Å². The summed E-state index contributed by atoms with van der Waals surface area (Å²) < 4.78 is 1.74. The van der Waals surface area contributed by atoms with Crippen molar-refractivity contribution in [3.63, 3.8) is 0 Å².